The smallest absolute Gasteiger partial charge is 0.418 e. The number of nitrogens with zero attached hydrogens (tertiary/aromatic N) is 1. The van der Waals surface area contributed by atoms with Crippen LogP contribution in [0.15, 0.2) is 48.5 Å². The van der Waals surface area contributed by atoms with Gasteiger partial charge in [0.25, 0.3) is 0 Å². The molecule has 0 bridgehead atoms. The molecule has 2 rings (SSSR count). The lowest BCUT2D eigenvalue weighted by Gasteiger charge is -2.21. The molecule has 0 radical (unpaired) electrons. The highest BCUT2D eigenvalue weighted by Gasteiger charge is 2.33. The largest absolute Gasteiger partial charge is 0.496 e. The van der Waals surface area contributed by atoms with Crippen molar-refractivity contribution in [3.05, 3.63) is 59.7 Å². The second kappa shape index (κ2) is 9.25. The van der Waals surface area contributed by atoms with Gasteiger partial charge in [-0.3, -0.25) is 9.59 Å². The average molecular weight is 394 g/mol. The van der Waals surface area contributed by atoms with E-state index < -0.39 is 17.6 Å². The molecule has 1 N–H and O–H groups in total. The Morgan fingerprint density at radius 2 is 1.71 bits per heavy atom. The first-order valence-electron chi connectivity index (χ1n) is 8.62. The zero-order valence-corrected chi connectivity index (χ0v) is 15.5. The standard InChI is InChI=1S/C20H21F3N2O3/c1-3-25(19(27)12-14-8-4-7-11-17(14)28-2)13-18(26)24-16-10-6-5-9-15(16)20(21,22)23/h4-11H,3,12-13H2,1-2H3,(H,24,26). The van der Waals surface area contributed by atoms with Gasteiger partial charge < -0.3 is 15.0 Å². The number of carbonyl (C=O) groups excluding carboxylic acids is 2. The van der Waals surface area contributed by atoms with Crippen molar-refractivity contribution in [1.29, 1.82) is 0 Å². The Morgan fingerprint density at radius 3 is 2.36 bits per heavy atom. The molecule has 0 spiro atoms. The molecule has 0 atom stereocenters. The van der Waals surface area contributed by atoms with Crippen molar-refractivity contribution in [3.8, 4) is 5.75 Å². The predicted molar refractivity (Wildman–Crippen MR) is 99.0 cm³/mol. The van der Waals surface area contributed by atoms with Gasteiger partial charge in [-0.05, 0) is 25.1 Å². The fourth-order valence-electron chi connectivity index (χ4n) is 2.70. The minimum Gasteiger partial charge on any atom is -0.496 e. The van der Waals surface area contributed by atoms with E-state index in [-0.39, 0.29) is 31.1 Å². The van der Waals surface area contributed by atoms with Crippen LogP contribution in [0.25, 0.3) is 0 Å². The number of para-hydroxylation sites is 2. The summed E-state index contributed by atoms with van der Waals surface area (Å²) in [5.41, 5.74) is -0.615. The van der Waals surface area contributed by atoms with Gasteiger partial charge in [-0.15, -0.1) is 0 Å². The number of methoxy groups -OCH3 is 1. The minimum absolute atomic E-state index is 0.0181. The number of carbonyl (C=O) groups is 2. The van der Waals surface area contributed by atoms with E-state index in [4.69, 9.17) is 4.74 Å². The second-order valence-corrected chi connectivity index (χ2v) is 5.99. The van der Waals surface area contributed by atoms with E-state index in [9.17, 15) is 22.8 Å². The van der Waals surface area contributed by atoms with Crippen LogP contribution in [0.2, 0.25) is 0 Å². The Balaban J connectivity index is 2.06. The lowest BCUT2D eigenvalue weighted by molar-refractivity contribution is -0.137. The molecule has 0 aliphatic carbocycles. The lowest BCUT2D eigenvalue weighted by atomic mass is 10.1. The summed E-state index contributed by atoms with van der Waals surface area (Å²) < 4.78 is 44.3. The molecule has 0 aliphatic rings. The van der Waals surface area contributed by atoms with E-state index in [1.54, 1.807) is 31.2 Å². The number of halogens is 3. The van der Waals surface area contributed by atoms with Crippen LogP contribution in [-0.2, 0) is 22.2 Å². The molecule has 5 nitrogen and oxygen atoms in total. The van der Waals surface area contributed by atoms with E-state index in [1.165, 1.54) is 30.2 Å². The van der Waals surface area contributed by atoms with Crippen LogP contribution in [0.3, 0.4) is 0 Å². The van der Waals surface area contributed by atoms with Crippen molar-refractivity contribution in [2.75, 3.05) is 25.5 Å². The Bertz CT molecular complexity index is 837. The van der Waals surface area contributed by atoms with Crippen molar-refractivity contribution in [1.82, 2.24) is 4.90 Å². The van der Waals surface area contributed by atoms with Crippen LogP contribution in [0, 0.1) is 0 Å². The number of benzene rings is 2. The predicted octanol–water partition coefficient (Wildman–Crippen LogP) is 3.74. The number of nitrogens with one attached hydrogen (secondary N) is 1. The topological polar surface area (TPSA) is 58.6 Å². The van der Waals surface area contributed by atoms with Gasteiger partial charge in [-0.1, -0.05) is 30.3 Å². The van der Waals surface area contributed by atoms with Gasteiger partial charge in [-0.2, -0.15) is 13.2 Å². The fourth-order valence-corrected chi connectivity index (χ4v) is 2.70. The highest BCUT2D eigenvalue weighted by Crippen LogP contribution is 2.34. The Morgan fingerprint density at radius 1 is 1.07 bits per heavy atom. The Kier molecular flexibility index (Phi) is 7.03. The molecule has 0 fully saturated rings. The van der Waals surface area contributed by atoms with Crippen LogP contribution in [0.4, 0.5) is 18.9 Å². The molecule has 0 saturated carbocycles. The summed E-state index contributed by atoms with van der Waals surface area (Å²) >= 11 is 0. The summed E-state index contributed by atoms with van der Waals surface area (Å²) in [4.78, 5) is 26.1. The third kappa shape index (κ3) is 5.48. The maximum atomic E-state index is 13.0. The highest BCUT2D eigenvalue weighted by atomic mass is 19.4. The molecule has 0 saturated heterocycles. The van der Waals surface area contributed by atoms with Crippen molar-refractivity contribution >= 4 is 17.5 Å². The summed E-state index contributed by atoms with van der Waals surface area (Å²) in [5.74, 6) is -0.478. The average Bonchev–Trinajstić information content (AvgIpc) is 2.66. The Labute approximate surface area is 161 Å². The van der Waals surface area contributed by atoms with E-state index in [1.807, 2.05) is 0 Å². The van der Waals surface area contributed by atoms with E-state index in [0.29, 0.717) is 11.3 Å². The van der Waals surface area contributed by atoms with Gasteiger partial charge in [0, 0.05) is 12.1 Å². The van der Waals surface area contributed by atoms with Gasteiger partial charge in [0.15, 0.2) is 0 Å². The number of alkyl halides is 3. The molecule has 150 valence electrons. The maximum Gasteiger partial charge on any atom is 0.418 e. The van der Waals surface area contributed by atoms with E-state index in [0.717, 1.165) is 6.07 Å². The third-order valence-corrected chi connectivity index (χ3v) is 4.11. The maximum absolute atomic E-state index is 13.0. The summed E-state index contributed by atoms with van der Waals surface area (Å²) in [6.07, 6.45) is -4.57. The molecule has 28 heavy (non-hydrogen) atoms. The highest BCUT2D eigenvalue weighted by molar-refractivity contribution is 5.95. The molecule has 0 aromatic heterocycles. The molecule has 2 aromatic carbocycles. The van der Waals surface area contributed by atoms with Gasteiger partial charge in [0.05, 0.1) is 31.3 Å². The van der Waals surface area contributed by atoms with E-state index in [2.05, 4.69) is 5.32 Å². The number of rotatable bonds is 7. The van der Waals surface area contributed by atoms with Gasteiger partial charge >= 0.3 is 6.18 Å². The molecule has 0 unspecified atom stereocenters. The minimum atomic E-state index is -4.59. The van der Waals surface area contributed by atoms with Crippen LogP contribution in [0.1, 0.15) is 18.1 Å². The Hall–Kier alpha value is -3.03. The van der Waals surface area contributed by atoms with Crippen molar-refractivity contribution < 1.29 is 27.5 Å². The van der Waals surface area contributed by atoms with E-state index >= 15 is 0 Å². The molecular weight excluding hydrogens is 373 g/mol. The van der Waals surface area contributed by atoms with Crippen molar-refractivity contribution in [3.63, 3.8) is 0 Å². The lowest BCUT2D eigenvalue weighted by Crippen LogP contribution is -2.39. The van der Waals surface area contributed by atoms with Gasteiger partial charge in [-0.25, -0.2) is 0 Å². The molecular formula is C20H21F3N2O3. The van der Waals surface area contributed by atoms with Crippen molar-refractivity contribution in [2.45, 2.75) is 19.5 Å². The van der Waals surface area contributed by atoms with Gasteiger partial charge in [0.2, 0.25) is 11.8 Å². The first-order chi connectivity index (χ1) is 13.3. The normalized spacial score (nSPS) is 11.0. The zero-order chi connectivity index (χ0) is 20.7. The third-order valence-electron chi connectivity index (χ3n) is 4.11. The first kappa shape index (κ1) is 21.3. The van der Waals surface area contributed by atoms with Crippen LogP contribution >= 0.6 is 0 Å². The van der Waals surface area contributed by atoms with Gasteiger partial charge in [0.1, 0.15) is 5.75 Å². The summed E-state index contributed by atoms with van der Waals surface area (Å²) in [5, 5.41) is 2.25. The fraction of sp³-hybridized carbons (Fsp3) is 0.300. The van der Waals surface area contributed by atoms with Crippen LogP contribution < -0.4 is 10.1 Å². The molecule has 2 aromatic rings. The number of anilines is 1. The number of hydrogen-bond acceptors (Lipinski definition) is 3. The molecule has 8 heteroatoms. The van der Waals surface area contributed by atoms with Crippen molar-refractivity contribution in [2.24, 2.45) is 0 Å². The van der Waals surface area contributed by atoms with Crippen LogP contribution in [-0.4, -0.2) is 36.9 Å². The van der Waals surface area contributed by atoms with Crippen LogP contribution in [0.5, 0.6) is 5.75 Å². The molecule has 2 amide bonds. The monoisotopic (exact) mass is 394 g/mol. The first-order valence-corrected chi connectivity index (χ1v) is 8.62. The number of amides is 2. The SMILES string of the molecule is CCN(CC(=O)Nc1ccccc1C(F)(F)F)C(=O)Cc1ccccc1OC. The summed E-state index contributed by atoms with van der Waals surface area (Å²) in [6, 6.07) is 11.7. The summed E-state index contributed by atoms with van der Waals surface area (Å²) in [6.45, 7) is 1.58. The quantitative estimate of drug-likeness (QED) is 0.778. The molecule has 0 heterocycles. The number of ether oxygens (including phenoxy) is 1. The molecule has 0 aliphatic heterocycles. The number of likely N-dealkylation sites (N-methyl/N-ethyl adjacent to an activating group) is 1. The summed E-state index contributed by atoms with van der Waals surface area (Å²) in [7, 11) is 1.49. The number of hydrogen-bond donors (Lipinski definition) is 1. The second-order valence-electron chi connectivity index (χ2n) is 5.99. The zero-order valence-electron chi connectivity index (χ0n) is 15.5.